The molecule has 2 heterocycles. The number of rotatable bonds is 5. The molecule has 7 nitrogen and oxygen atoms in total. The van der Waals surface area contributed by atoms with Gasteiger partial charge in [0.1, 0.15) is 12.1 Å². The van der Waals surface area contributed by atoms with Crippen LogP contribution in [-0.4, -0.2) is 42.0 Å². The number of nitrogens with zero attached hydrogens (tertiary/aromatic N) is 1. The molecule has 1 saturated heterocycles. The summed E-state index contributed by atoms with van der Waals surface area (Å²) in [6.07, 6.45) is 4.21. The van der Waals surface area contributed by atoms with Crippen molar-refractivity contribution in [3.63, 3.8) is 0 Å². The Labute approximate surface area is 145 Å². The number of amides is 4. The molecule has 1 saturated carbocycles. The van der Waals surface area contributed by atoms with Crippen molar-refractivity contribution >= 4 is 29.2 Å². The Morgan fingerprint density at radius 1 is 1.38 bits per heavy atom. The fourth-order valence-corrected chi connectivity index (χ4v) is 4.25. The lowest BCUT2D eigenvalue weighted by molar-refractivity contribution is -0.885. The van der Waals surface area contributed by atoms with Gasteiger partial charge in [-0.3, -0.25) is 15.0 Å². The van der Waals surface area contributed by atoms with E-state index in [-0.39, 0.29) is 18.4 Å². The van der Waals surface area contributed by atoms with Gasteiger partial charge in [-0.15, -0.1) is 11.3 Å². The van der Waals surface area contributed by atoms with Gasteiger partial charge in [-0.05, 0) is 24.3 Å². The highest BCUT2D eigenvalue weighted by atomic mass is 32.1. The van der Waals surface area contributed by atoms with Gasteiger partial charge in [-0.25, -0.2) is 4.79 Å². The molecule has 0 aromatic carbocycles. The van der Waals surface area contributed by atoms with Crippen LogP contribution < -0.4 is 15.6 Å². The highest BCUT2D eigenvalue weighted by Gasteiger charge is 2.52. The Kier molecular flexibility index (Phi) is 4.86. The number of carbonyl (C=O) groups is 3. The minimum absolute atomic E-state index is 0.196. The summed E-state index contributed by atoms with van der Waals surface area (Å²) in [7, 11) is 1.91. The maximum atomic E-state index is 12.6. The SMILES string of the molecule is C[NH+](CC(=O)NN1C(=O)NC2(CCCCC2)C1=O)Cc1cccs1. The largest absolute Gasteiger partial charge is 0.344 e. The maximum Gasteiger partial charge on any atom is 0.344 e. The predicted octanol–water partition coefficient (Wildman–Crippen LogP) is 0.0487. The molecular weight excluding hydrogens is 328 g/mol. The molecule has 1 aromatic rings. The fraction of sp³-hybridized carbons (Fsp3) is 0.562. The summed E-state index contributed by atoms with van der Waals surface area (Å²) in [4.78, 5) is 39.1. The highest BCUT2D eigenvalue weighted by molar-refractivity contribution is 7.09. The van der Waals surface area contributed by atoms with Gasteiger partial charge in [0.05, 0.1) is 11.9 Å². The van der Waals surface area contributed by atoms with Crippen LogP contribution in [-0.2, 0) is 16.1 Å². The lowest BCUT2D eigenvalue weighted by atomic mass is 9.82. The van der Waals surface area contributed by atoms with Gasteiger partial charge in [0.2, 0.25) is 0 Å². The number of nitrogens with one attached hydrogen (secondary N) is 3. The molecule has 3 rings (SSSR count). The molecule has 1 aromatic heterocycles. The maximum absolute atomic E-state index is 12.6. The third-order valence-corrected chi connectivity index (χ3v) is 5.50. The molecule has 1 spiro atoms. The van der Waals surface area contributed by atoms with E-state index in [1.54, 1.807) is 11.3 Å². The first kappa shape index (κ1) is 16.9. The van der Waals surface area contributed by atoms with Crippen molar-refractivity contribution in [1.82, 2.24) is 15.8 Å². The zero-order valence-electron chi connectivity index (χ0n) is 13.8. The van der Waals surface area contributed by atoms with Gasteiger partial charge in [-0.2, -0.15) is 5.01 Å². The number of hydrogen-bond acceptors (Lipinski definition) is 4. The molecule has 1 unspecified atom stereocenters. The van der Waals surface area contributed by atoms with Gasteiger partial charge >= 0.3 is 6.03 Å². The van der Waals surface area contributed by atoms with Gasteiger partial charge in [0, 0.05) is 0 Å². The first-order valence-electron chi connectivity index (χ1n) is 8.30. The summed E-state index contributed by atoms with van der Waals surface area (Å²) < 4.78 is 0. The minimum atomic E-state index is -0.807. The van der Waals surface area contributed by atoms with Crippen LogP contribution in [0.4, 0.5) is 4.79 Å². The smallest absolute Gasteiger partial charge is 0.325 e. The lowest BCUT2D eigenvalue weighted by Gasteiger charge is -2.30. The zero-order valence-corrected chi connectivity index (χ0v) is 14.6. The van der Waals surface area contributed by atoms with Crippen LogP contribution in [0.3, 0.4) is 0 Å². The van der Waals surface area contributed by atoms with E-state index in [1.165, 1.54) is 4.88 Å². The molecule has 1 aliphatic heterocycles. The van der Waals surface area contributed by atoms with Crippen molar-refractivity contribution < 1.29 is 19.3 Å². The van der Waals surface area contributed by atoms with E-state index in [0.717, 1.165) is 35.7 Å². The molecule has 0 radical (unpaired) electrons. The second-order valence-electron chi connectivity index (χ2n) is 6.64. The molecule has 130 valence electrons. The van der Waals surface area contributed by atoms with Crippen LogP contribution in [0.25, 0.3) is 0 Å². The van der Waals surface area contributed by atoms with Crippen LogP contribution >= 0.6 is 11.3 Å². The first-order chi connectivity index (χ1) is 11.5. The molecule has 2 aliphatic rings. The quantitative estimate of drug-likeness (QED) is 0.656. The van der Waals surface area contributed by atoms with Crippen molar-refractivity contribution in [2.24, 2.45) is 0 Å². The number of carbonyl (C=O) groups excluding carboxylic acids is 3. The molecule has 2 fully saturated rings. The highest BCUT2D eigenvalue weighted by Crippen LogP contribution is 2.32. The van der Waals surface area contributed by atoms with Gasteiger partial charge in [0.25, 0.3) is 11.8 Å². The average Bonchev–Trinajstić information content (AvgIpc) is 3.11. The van der Waals surface area contributed by atoms with E-state index in [0.29, 0.717) is 12.8 Å². The van der Waals surface area contributed by atoms with Crippen LogP contribution in [0, 0.1) is 0 Å². The van der Waals surface area contributed by atoms with E-state index < -0.39 is 11.6 Å². The molecule has 8 heteroatoms. The van der Waals surface area contributed by atoms with Gasteiger partial charge in [-0.1, -0.05) is 25.3 Å². The molecule has 3 N–H and O–H groups in total. The van der Waals surface area contributed by atoms with Gasteiger partial charge < -0.3 is 10.2 Å². The average molecular weight is 351 g/mol. The zero-order chi connectivity index (χ0) is 17.2. The minimum Gasteiger partial charge on any atom is -0.325 e. The van der Waals surface area contributed by atoms with Crippen molar-refractivity contribution in [1.29, 1.82) is 0 Å². The summed E-state index contributed by atoms with van der Waals surface area (Å²) in [6, 6.07) is 3.48. The fourth-order valence-electron chi connectivity index (χ4n) is 3.43. The standard InChI is InChI=1S/C16H22N4O3S/c1-19(10-12-6-5-9-24-12)11-13(21)18-20-14(22)16(17-15(20)23)7-3-2-4-8-16/h5-6,9H,2-4,7-8,10-11H2,1H3,(H,17,23)(H,18,21)/p+1. The summed E-state index contributed by atoms with van der Waals surface area (Å²) in [5.74, 6) is -0.656. The van der Waals surface area contributed by atoms with E-state index in [9.17, 15) is 14.4 Å². The molecule has 1 atom stereocenters. The van der Waals surface area contributed by atoms with E-state index in [2.05, 4.69) is 10.7 Å². The Morgan fingerprint density at radius 2 is 2.12 bits per heavy atom. The summed E-state index contributed by atoms with van der Waals surface area (Å²) in [5.41, 5.74) is 1.67. The monoisotopic (exact) mass is 351 g/mol. The number of likely N-dealkylation sites (N-methyl/N-ethyl adjacent to an activating group) is 1. The van der Waals surface area contributed by atoms with Crippen LogP contribution in [0.2, 0.25) is 0 Å². The van der Waals surface area contributed by atoms with Crippen molar-refractivity contribution in [3.05, 3.63) is 22.4 Å². The van der Waals surface area contributed by atoms with Gasteiger partial charge in [0.15, 0.2) is 6.54 Å². The van der Waals surface area contributed by atoms with Crippen molar-refractivity contribution in [3.8, 4) is 0 Å². The molecule has 4 amide bonds. The number of imide groups is 1. The number of hydrazine groups is 1. The molecule has 1 aliphatic carbocycles. The van der Waals surface area contributed by atoms with Crippen LogP contribution in [0.1, 0.15) is 37.0 Å². The third-order valence-electron chi connectivity index (χ3n) is 4.62. The van der Waals surface area contributed by atoms with Crippen LogP contribution in [0.15, 0.2) is 17.5 Å². The second-order valence-corrected chi connectivity index (χ2v) is 7.67. The second kappa shape index (κ2) is 6.90. The topological polar surface area (TPSA) is 82.9 Å². The Morgan fingerprint density at radius 3 is 2.79 bits per heavy atom. The summed E-state index contributed by atoms with van der Waals surface area (Å²) in [6.45, 7) is 0.928. The Balaban J connectivity index is 1.56. The molecular formula is C16H23N4O3S+. The number of thiophene rings is 1. The van der Waals surface area contributed by atoms with E-state index >= 15 is 0 Å². The number of quaternary nitrogens is 1. The molecule has 0 bridgehead atoms. The normalized spacial score (nSPS) is 21.0. The Hall–Kier alpha value is -1.93. The van der Waals surface area contributed by atoms with E-state index in [4.69, 9.17) is 0 Å². The van der Waals surface area contributed by atoms with Crippen molar-refractivity contribution in [2.45, 2.75) is 44.2 Å². The third kappa shape index (κ3) is 3.44. The van der Waals surface area contributed by atoms with E-state index in [1.807, 2.05) is 24.6 Å². The van der Waals surface area contributed by atoms with Crippen LogP contribution in [0.5, 0.6) is 0 Å². The lowest BCUT2D eigenvalue weighted by Crippen LogP contribution is -3.09. The summed E-state index contributed by atoms with van der Waals surface area (Å²) >= 11 is 1.65. The number of hydrogen-bond donors (Lipinski definition) is 3. The first-order valence-corrected chi connectivity index (χ1v) is 9.18. The predicted molar refractivity (Wildman–Crippen MR) is 89.1 cm³/mol. The Bertz CT molecular complexity index is 625. The number of urea groups is 1. The van der Waals surface area contributed by atoms with Crippen molar-refractivity contribution in [2.75, 3.05) is 13.6 Å². The summed E-state index contributed by atoms with van der Waals surface area (Å²) in [5, 5.41) is 5.65. The molecule has 24 heavy (non-hydrogen) atoms.